The maximum atomic E-state index is 11.1. The fourth-order valence-corrected chi connectivity index (χ4v) is 2.05. The van der Waals surface area contributed by atoms with Crippen molar-refractivity contribution in [1.29, 1.82) is 0 Å². The van der Waals surface area contributed by atoms with E-state index in [1.54, 1.807) is 0 Å². The third-order valence-corrected chi connectivity index (χ3v) is 3.29. The van der Waals surface area contributed by atoms with Crippen LogP contribution < -0.4 is 14.4 Å². The van der Waals surface area contributed by atoms with Crippen molar-refractivity contribution in [1.82, 2.24) is 19.7 Å². The Labute approximate surface area is 117 Å². The van der Waals surface area contributed by atoms with Crippen LogP contribution in [0, 0.1) is 0 Å². The fourth-order valence-electron chi connectivity index (χ4n) is 1.66. The number of rotatable bonds is 5. The molecular weight excluding hydrogens is 286 g/mol. The highest BCUT2D eigenvalue weighted by atomic mass is 32.2. The molecule has 1 aliphatic heterocycles. The molecule has 0 saturated carbocycles. The maximum Gasteiger partial charge on any atom is 0.321 e. The quantitative estimate of drug-likeness (QED) is 0.720. The summed E-state index contributed by atoms with van der Waals surface area (Å²) in [4.78, 5) is 14.4. The lowest BCUT2D eigenvalue weighted by Crippen LogP contribution is -2.37. The Morgan fingerprint density at radius 2 is 2.00 bits per heavy atom. The first kappa shape index (κ1) is 14.9. The summed E-state index contributed by atoms with van der Waals surface area (Å²) in [6, 6.07) is 0.159. The number of nitrogens with zero attached hydrogens (tertiary/aromatic N) is 4. The molecule has 1 N–H and O–H groups in total. The lowest BCUT2D eigenvalue weighted by atomic mass is 10.4. The van der Waals surface area contributed by atoms with Gasteiger partial charge in [0.1, 0.15) is 0 Å². The molecule has 0 aromatic carbocycles. The Balaban J connectivity index is 2.19. The molecule has 0 amide bonds. The van der Waals surface area contributed by atoms with Gasteiger partial charge in [0.05, 0.1) is 33.1 Å². The molecule has 1 aromatic heterocycles. The number of methoxy groups -OCH3 is 1. The van der Waals surface area contributed by atoms with Crippen molar-refractivity contribution in [3.8, 4) is 6.01 Å². The van der Waals surface area contributed by atoms with Gasteiger partial charge in [0.15, 0.2) is 5.82 Å². The third-order valence-electron chi connectivity index (χ3n) is 2.62. The normalized spacial score (nSPS) is 16.2. The molecule has 1 aliphatic rings. The summed E-state index contributed by atoms with van der Waals surface area (Å²) in [5.74, 6) is 0.772. The predicted molar refractivity (Wildman–Crippen MR) is 71.1 cm³/mol. The Hall–Kier alpha value is -1.52. The van der Waals surface area contributed by atoms with Crippen molar-refractivity contribution in [2.75, 3.05) is 44.6 Å². The summed E-state index contributed by atoms with van der Waals surface area (Å²) in [5.41, 5.74) is 0. The van der Waals surface area contributed by atoms with E-state index in [-0.39, 0.29) is 12.6 Å². The SMILES string of the molecule is COc1nc(CNS(C)(=O)=O)nc(N2CCOCC2)n1. The van der Waals surface area contributed by atoms with Crippen LogP contribution in [-0.4, -0.2) is 63.0 Å². The molecule has 10 heteroatoms. The van der Waals surface area contributed by atoms with E-state index < -0.39 is 10.0 Å². The molecule has 112 valence electrons. The molecule has 1 fully saturated rings. The molecule has 0 bridgehead atoms. The van der Waals surface area contributed by atoms with E-state index in [4.69, 9.17) is 9.47 Å². The minimum absolute atomic E-state index is 0.00491. The van der Waals surface area contributed by atoms with Crippen molar-refractivity contribution in [2.45, 2.75) is 6.54 Å². The van der Waals surface area contributed by atoms with Gasteiger partial charge in [-0.25, -0.2) is 13.1 Å². The summed E-state index contributed by atoms with van der Waals surface area (Å²) in [7, 11) is -1.85. The summed E-state index contributed by atoms with van der Waals surface area (Å²) >= 11 is 0. The highest BCUT2D eigenvalue weighted by Crippen LogP contribution is 2.13. The second-order valence-electron chi connectivity index (χ2n) is 4.23. The van der Waals surface area contributed by atoms with Crippen LogP contribution >= 0.6 is 0 Å². The molecule has 20 heavy (non-hydrogen) atoms. The van der Waals surface area contributed by atoms with E-state index in [9.17, 15) is 8.42 Å². The number of ether oxygens (including phenoxy) is 2. The number of aromatic nitrogens is 3. The second kappa shape index (κ2) is 6.29. The van der Waals surface area contributed by atoms with E-state index in [0.717, 1.165) is 6.26 Å². The smallest absolute Gasteiger partial charge is 0.321 e. The standard InChI is InChI=1S/C10H17N5O4S/c1-18-10-13-8(7-11-20(2,16)17)12-9(14-10)15-3-5-19-6-4-15/h11H,3-7H2,1-2H3. The van der Waals surface area contributed by atoms with Crippen LogP contribution in [0.5, 0.6) is 6.01 Å². The Kier molecular flexibility index (Phi) is 4.68. The van der Waals surface area contributed by atoms with E-state index in [1.165, 1.54) is 7.11 Å². The monoisotopic (exact) mass is 303 g/mol. The number of morpholine rings is 1. The first-order chi connectivity index (χ1) is 9.48. The van der Waals surface area contributed by atoms with Gasteiger partial charge in [0, 0.05) is 13.1 Å². The zero-order valence-corrected chi connectivity index (χ0v) is 12.2. The number of sulfonamides is 1. The van der Waals surface area contributed by atoms with Crippen LogP contribution in [0.2, 0.25) is 0 Å². The van der Waals surface area contributed by atoms with Crippen molar-refractivity contribution in [2.24, 2.45) is 0 Å². The van der Waals surface area contributed by atoms with Crippen LogP contribution in [0.1, 0.15) is 5.82 Å². The predicted octanol–water partition coefficient (Wildman–Crippen LogP) is -1.23. The second-order valence-corrected chi connectivity index (χ2v) is 6.06. The fraction of sp³-hybridized carbons (Fsp3) is 0.700. The molecule has 0 radical (unpaired) electrons. The number of hydrogen-bond donors (Lipinski definition) is 1. The van der Waals surface area contributed by atoms with Gasteiger partial charge < -0.3 is 14.4 Å². The van der Waals surface area contributed by atoms with E-state index in [2.05, 4.69) is 19.7 Å². The van der Waals surface area contributed by atoms with Gasteiger partial charge in [0.2, 0.25) is 16.0 Å². The number of nitrogens with one attached hydrogen (secondary N) is 1. The highest BCUT2D eigenvalue weighted by molar-refractivity contribution is 7.88. The molecule has 2 rings (SSSR count). The first-order valence-corrected chi connectivity index (χ1v) is 7.93. The van der Waals surface area contributed by atoms with Gasteiger partial charge >= 0.3 is 6.01 Å². The molecule has 1 aromatic rings. The molecule has 0 aliphatic carbocycles. The maximum absolute atomic E-state index is 11.1. The average molecular weight is 303 g/mol. The van der Waals surface area contributed by atoms with Crippen LogP contribution in [0.4, 0.5) is 5.95 Å². The van der Waals surface area contributed by atoms with Crippen molar-refractivity contribution < 1.29 is 17.9 Å². The van der Waals surface area contributed by atoms with Crippen molar-refractivity contribution in [3.05, 3.63) is 5.82 Å². The number of hydrogen-bond acceptors (Lipinski definition) is 8. The molecule has 0 spiro atoms. The van der Waals surface area contributed by atoms with Gasteiger partial charge in [0.25, 0.3) is 0 Å². The topological polar surface area (TPSA) is 107 Å². The van der Waals surface area contributed by atoms with Crippen LogP contribution in [-0.2, 0) is 21.3 Å². The van der Waals surface area contributed by atoms with Crippen LogP contribution in [0.25, 0.3) is 0 Å². The Bertz CT molecular complexity index is 559. The van der Waals surface area contributed by atoms with E-state index in [0.29, 0.717) is 38.1 Å². The zero-order valence-electron chi connectivity index (χ0n) is 11.4. The number of anilines is 1. The highest BCUT2D eigenvalue weighted by Gasteiger charge is 2.17. The Morgan fingerprint density at radius 1 is 1.30 bits per heavy atom. The van der Waals surface area contributed by atoms with E-state index in [1.807, 2.05) is 4.90 Å². The molecule has 9 nitrogen and oxygen atoms in total. The lowest BCUT2D eigenvalue weighted by molar-refractivity contribution is 0.122. The van der Waals surface area contributed by atoms with E-state index >= 15 is 0 Å². The van der Waals surface area contributed by atoms with Crippen LogP contribution in [0.15, 0.2) is 0 Å². The minimum Gasteiger partial charge on any atom is -0.467 e. The molecule has 0 unspecified atom stereocenters. The first-order valence-electron chi connectivity index (χ1n) is 6.04. The van der Waals surface area contributed by atoms with Gasteiger partial charge in [-0.05, 0) is 0 Å². The van der Waals surface area contributed by atoms with Crippen LogP contribution in [0.3, 0.4) is 0 Å². The van der Waals surface area contributed by atoms with Gasteiger partial charge in [-0.2, -0.15) is 15.0 Å². The summed E-state index contributed by atoms with van der Waals surface area (Å²) in [6.07, 6.45) is 1.08. The summed E-state index contributed by atoms with van der Waals surface area (Å²) in [5, 5.41) is 0. The lowest BCUT2D eigenvalue weighted by Gasteiger charge is -2.26. The molecular formula is C10H17N5O4S. The molecule has 2 heterocycles. The average Bonchev–Trinajstić information content (AvgIpc) is 2.45. The molecule has 0 atom stereocenters. The minimum atomic E-state index is -3.30. The van der Waals surface area contributed by atoms with Crippen molar-refractivity contribution >= 4 is 16.0 Å². The zero-order chi connectivity index (χ0) is 14.6. The van der Waals surface area contributed by atoms with Gasteiger partial charge in [-0.15, -0.1) is 0 Å². The third kappa shape index (κ3) is 4.25. The Morgan fingerprint density at radius 3 is 2.60 bits per heavy atom. The van der Waals surface area contributed by atoms with Gasteiger partial charge in [-0.1, -0.05) is 0 Å². The summed E-state index contributed by atoms with van der Waals surface area (Å²) in [6.45, 7) is 2.54. The molecule has 1 saturated heterocycles. The summed E-state index contributed by atoms with van der Waals surface area (Å²) < 4.78 is 34.8. The van der Waals surface area contributed by atoms with Crippen molar-refractivity contribution in [3.63, 3.8) is 0 Å². The van der Waals surface area contributed by atoms with Gasteiger partial charge in [-0.3, -0.25) is 0 Å². The largest absolute Gasteiger partial charge is 0.467 e.